The molecule has 1 fully saturated rings. The number of benzene rings is 1. The standard InChI is InChI=1S/C13H13ClN4O/c14-8-3-4-9-10(6-8)16-7-12(17-9)18-5-1-2-11(18)13(15)19/h3-4,6-7,11H,1-2,5H2,(H2,15,19). The zero-order valence-electron chi connectivity index (χ0n) is 10.2. The summed E-state index contributed by atoms with van der Waals surface area (Å²) < 4.78 is 0. The summed E-state index contributed by atoms with van der Waals surface area (Å²) in [6, 6.07) is 5.09. The molecule has 2 aromatic rings. The third-order valence-electron chi connectivity index (χ3n) is 3.37. The van der Waals surface area contributed by atoms with Gasteiger partial charge in [-0.2, -0.15) is 0 Å². The predicted molar refractivity (Wildman–Crippen MR) is 74.1 cm³/mol. The molecular weight excluding hydrogens is 264 g/mol. The SMILES string of the molecule is NC(=O)C1CCCN1c1cnc2cc(Cl)ccc2n1. The lowest BCUT2D eigenvalue weighted by Crippen LogP contribution is -2.40. The largest absolute Gasteiger partial charge is 0.368 e. The zero-order valence-corrected chi connectivity index (χ0v) is 11.0. The lowest BCUT2D eigenvalue weighted by Gasteiger charge is -2.22. The van der Waals surface area contributed by atoms with Crippen LogP contribution < -0.4 is 10.6 Å². The normalized spacial score (nSPS) is 19.0. The van der Waals surface area contributed by atoms with Crippen molar-refractivity contribution in [2.75, 3.05) is 11.4 Å². The summed E-state index contributed by atoms with van der Waals surface area (Å²) >= 11 is 5.91. The van der Waals surface area contributed by atoms with Crippen molar-refractivity contribution in [3.05, 3.63) is 29.4 Å². The summed E-state index contributed by atoms with van der Waals surface area (Å²) in [4.78, 5) is 22.2. The minimum Gasteiger partial charge on any atom is -0.368 e. The molecule has 1 amide bonds. The Balaban J connectivity index is 2.01. The second-order valence-electron chi connectivity index (χ2n) is 4.62. The summed E-state index contributed by atoms with van der Waals surface area (Å²) in [5.41, 5.74) is 6.91. The molecule has 0 aliphatic carbocycles. The highest BCUT2D eigenvalue weighted by Gasteiger charge is 2.30. The number of carbonyl (C=O) groups is 1. The maximum absolute atomic E-state index is 11.4. The number of hydrogen-bond donors (Lipinski definition) is 1. The number of halogens is 1. The van der Waals surface area contributed by atoms with Gasteiger partial charge in [0, 0.05) is 11.6 Å². The fourth-order valence-corrected chi connectivity index (χ4v) is 2.62. The first kappa shape index (κ1) is 12.2. The first-order valence-electron chi connectivity index (χ1n) is 6.13. The van der Waals surface area contributed by atoms with Crippen LogP contribution >= 0.6 is 11.6 Å². The summed E-state index contributed by atoms with van der Waals surface area (Å²) in [7, 11) is 0. The predicted octanol–water partition coefficient (Wildman–Crippen LogP) is 1.74. The molecule has 0 spiro atoms. The molecule has 1 aromatic carbocycles. The molecular formula is C13H13ClN4O. The van der Waals surface area contributed by atoms with Gasteiger partial charge in [-0.15, -0.1) is 0 Å². The van der Waals surface area contributed by atoms with Gasteiger partial charge in [0.1, 0.15) is 11.9 Å². The minimum absolute atomic E-state index is 0.279. The number of fused-ring (bicyclic) bond motifs is 1. The molecule has 19 heavy (non-hydrogen) atoms. The number of primary amides is 1. The van der Waals surface area contributed by atoms with Crippen LogP contribution in [0.3, 0.4) is 0 Å². The number of rotatable bonds is 2. The Morgan fingerprint density at radius 3 is 3.05 bits per heavy atom. The van der Waals surface area contributed by atoms with Gasteiger partial charge in [-0.3, -0.25) is 9.78 Å². The summed E-state index contributed by atoms with van der Waals surface area (Å²) in [5.74, 6) is 0.381. The van der Waals surface area contributed by atoms with Gasteiger partial charge in [-0.25, -0.2) is 4.98 Å². The minimum atomic E-state index is -0.310. The van der Waals surface area contributed by atoms with E-state index in [1.54, 1.807) is 18.3 Å². The van der Waals surface area contributed by atoms with E-state index in [4.69, 9.17) is 17.3 Å². The molecule has 1 saturated heterocycles. The van der Waals surface area contributed by atoms with Crippen LogP contribution in [-0.2, 0) is 4.79 Å². The van der Waals surface area contributed by atoms with Gasteiger partial charge in [0.25, 0.3) is 0 Å². The summed E-state index contributed by atoms with van der Waals surface area (Å²) in [6.45, 7) is 0.779. The smallest absolute Gasteiger partial charge is 0.240 e. The van der Waals surface area contributed by atoms with Gasteiger partial charge in [0.15, 0.2) is 0 Å². The van der Waals surface area contributed by atoms with E-state index in [9.17, 15) is 4.79 Å². The van der Waals surface area contributed by atoms with E-state index in [2.05, 4.69) is 9.97 Å². The maximum Gasteiger partial charge on any atom is 0.240 e. The zero-order chi connectivity index (χ0) is 13.4. The molecule has 5 nitrogen and oxygen atoms in total. The van der Waals surface area contributed by atoms with E-state index in [0.717, 1.165) is 30.4 Å². The highest BCUT2D eigenvalue weighted by Crippen LogP contribution is 2.25. The van der Waals surface area contributed by atoms with Crippen LogP contribution in [0.4, 0.5) is 5.82 Å². The Hall–Kier alpha value is -1.88. The molecule has 1 aliphatic rings. The number of nitrogens with two attached hydrogens (primary N) is 1. The van der Waals surface area contributed by atoms with E-state index >= 15 is 0 Å². The average molecular weight is 277 g/mol. The average Bonchev–Trinajstić information content (AvgIpc) is 2.87. The quantitative estimate of drug-likeness (QED) is 0.907. The molecule has 2 N–H and O–H groups in total. The van der Waals surface area contributed by atoms with Gasteiger partial charge in [-0.1, -0.05) is 11.6 Å². The Morgan fingerprint density at radius 1 is 1.42 bits per heavy atom. The molecule has 3 rings (SSSR count). The number of hydrogen-bond acceptors (Lipinski definition) is 4. The molecule has 1 aromatic heterocycles. The Bertz CT molecular complexity index is 646. The molecule has 0 radical (unpaired) electrons. The monoisotopic (exact) mass is 276 g/mol. The molecule has 1 atom stereocenters. The highest BCUT2D eigenvalue weighted by molar-refractivity contribution is 6.31. The Labute approximate surface area is 115 Å². The number of carbonyl (C=O) groups excluding carboxylic acids is 1. The molecule has 2 heterocycles. The van der Waals surface area contributed by atoms with Crippen molar-refractivity contribution in [1.82, 2.24) is 9.97 Å². The van der Waals surface area contributed by atoms with E-state index in [1.807, 2.05) is 11.0 Å². The highest BCUT2D eigenvalue weighted by atomic mass is 35.5. The number of anilines is 1. The first-order chi connectivity index (χ1) is 9.15. The van der Waals surface area contributed by atoms with Crippen molar-refractivity contribution in [2.45, 2.75) is 18.9 Å². The topological polar surface area (TPSA) is 72.1 Å². The molecule has 0 bridgehead atoms. The van der Waals surface area contributed by atoms with Gasteiger partial charge in [0.05, 0.1) is 17.2 Å². The van der Waals surface area contributed by atoms with Gasteiger partial charge < -0.3 is 10.6 Å². The van der Waals surface area contributed by atoms with Crippen molar-refractivity contribution < 1.29 is 4.79 Å². The van der Waals surface area contributed by atoms with E-state index in [-0.39, 0.29) is 11.9 Å². The van der Waals surface area contributed by atoms with Crippen LogP contribution in [0.25, 0.3) is 11.0 Å². The van der Waals surface area contributed by atoms with Crippen molar-refractivity contribution in [1.29, 1.82) is 0 Å². The lowest BCUT2D eigenvalue weighted by molar-refractivity contribution is -0.119. The first-order valence-corrected chi connectivity index (χ1v) is 6.51. The van der Waals surface area contributed by atoms with Gasteiger partial charge in [0.2, 0.25) is 5.91 Å². The van der Waals surface area contributed by atoms with Crippen molar-refractivity contribution in [3.63, 3.8) is 0 Å². The van der Waals surface area contributed by atoms with E-state index in [1.165, 1.54) is 0 Å². The summed E-state index contributed by atoms with van der Waals surface area (Å²) in [5, 5.41) is 0.630. The summed E-state index contributed by atoms with van der Waals surface area (Å²) in [6.07, 6.45) is 3.38. The van der Waals surface area contributed by atoms with E-state index in [0.29, 0.717) is 10.8 Å². The van der Waals surface area contributed by atoms with Crippen LogP contribution in [0.15, 0.2) is 24.4 Å². The number of amides is 1. The van der Waals surface area contributed by atoms with Gasteiger partial charge in [-0.05, 0) is 31.0 Å². The third-order valence-corrected chi connectivity index (χ3v) is 3.60. The van der Waals surface area contributed by atoms with Crippen molar-refractivity contribution >= 4 is 34.4 Å². The Kier molecular flexibility index (Phi) is 2.98. The third kappa shape index (κ3) is 2.21. The van der Waals surface area contributed by atoms with Crippen LogP contribution in [0, 0.1) is 0 Å². The molecule has 0 saturated carbocycles. The van der Waals surface area contributed by atoms with Crippen molar-refractivity contribution in [3.8, 4) is 0 Å². The van der Waals surface area contributed by atoms with Crippen LogP contribution in [0.5, 0.6) is 0 Å². The number of aromatic nitrogens is 2. The molecule has 1 unspecified atom stereocenters. The van der Waals surface area contributed by atoms with Crippen LogP contribution in [0.1, 0.15) is 12.8 Å². The molecule has 6 heteroatoms. The lowest BCUT2D eigenvalue weighted by atomic mass is 10.2. The fraction of sp³-hybridized carbons (Fsp3) is 0.308. The van der Waals surface area contributed by atoms with Gasteiger partial charge >= 0.3 is 0 Å². The maximum atomic E-state index is 11.4. The fourth-order valence-electron chi connectivity index (χ4n) is 2.45. The number of nitrogens with zero attached hydrogens (tertiary/aromatic N) is 3. The van der Waals surface area contributed by atoms with Crippen molar-refractivity contribution in [2.24, 2.45) is 5.73 Å². The van der Waals surface area contributed by atoms with E-state index < -0.39 is 0 Å². The van der Waals surface area contributed by atoms with Crippen LogP contribution in [-0.4, -0.2) is 28.5 Å². The Morgan fingerprint density at radius 2 is 2.26 bits per heavy atom. The second kappa shape index (κ2) is 4.66. The van der Waals surface area contributed by atoms with Crippen LogP contribution in [0.2, 0.25) is 5.02 Å². The molecule has 1 aliphatic heterocycles. The molecule has 98 valence electrons. The second-order valence-corrected chi connectivity index (χ2v) is 5.05.